The number of carbonyl (C=O) groups excluding carboxylic acids is 8. The summed E-state index contributed by atoms with van der Waals surface area (Å²) in [5, 5.41) is 19.6. The Morgan fingerprint density at radius 2 is 1.73 bits per heavy atom. The van der Waals surface area contributed by atoms with Crippen LogP contribution >= 0.6 is 23.8 Å². The molecule has 9 atom stereocenters. The highest BCUT2D eigenvalue weighted by Crippen LogP contribution is 2.50. The van der Waals surface area contributed by atoms with Gasteiger partial charge in [-0.3, -0.25) is 39.0 Å². The topological polar surface area (TPSA) is 266 Å². The van der Waals surface area contributed by atoms with Crippen molar-refractivity contribution in [3.63, 3.8) is 0 Å². The van der Waals surface area contributed by atoms with E-state index in [1.165, 1.54) is 37.3 Å². The SMILES string of the molecule is CO[C@@H]1/C=C/C=C(\C)Cc2cc(C)c(Cl)c(c2)N(C)C(=O)C[C@H](OC(=O)Nc2ccc(CC(=O)[C@H](CCCNC(N)=O)NC(=O)[C@@H](CC(=S)CCCCCN3C(=O)C=CC3=O)C(C)C)cc2C(F)(F)F)[C@]2(C)O[C@H]2[C@H](C)[C@@H]2C[C@@]1(O)CC(=O)O2. The van der Waals surface area contributed by atoms with Gasteiger partial charge in [0, 0.05) is 64.1 Å². The molecule has 0 radical (unpaired) electrons. The molecule has 0 spiro atoms. The maximum Gasteiger partial charge on any atom is 0.418 e. The van der Waals surface area contributed by atoms with Crippen molar-refractivity contribution in [2.45, 2.75) is 166 Å². The number of carbonyl (C=O) groups is 8. The number of alkyl halides is 3. The van der Waals surface area contributed by atoms with E-state index in [1.807, 2.05) is 32.9 Å². The van der Waals surface area contributed by atoms with E-state index in [1.54, 1.807) is 39.0 Å². The first-order valence-electron chi connectivity index (χ1n) is 28.1. The molecule has 7 amide bonds. The van der Waals surface area contributed by atoms with Crippen LogP contribution in [0.1, 0.15) is 121 Å². The van der Waals surface area contributed by atoms with Crippen LogP contribution < -0.4 is 26.6 Å². The molecule has 4 aliphatic rings. The maximum absolute atomic E-state index is 15.1. The number of esters is 1. The van der Waals surface area contributed by atoms with Crippen molar-refractivity contribution < 1.29 is 75.6 Å². The zero-order valence-electron chi connectivity index (χ0n) is 48.5. The molecule has 0 saturated carbocycles. The van der Waals surface area contributed by atoms with Crippen molar-refractivity contribution in [1.29, 1.82) is 0 Å². The van der Waals surface area contributed by atoms with Gasteiger partial charge in [-0.2, -0.15) is 13.2 Å². The van der Waals surface area contributed by atoms with E-state index >= 15 is 13.2 Å². The molecular formula is C60H76ClF3N6O13S. The van der Waals surface area contributed by atoms with Crippen molar-refractivity contribution in [2.75, 3.05) is 37.5 Å². The van der Waals surface area contributed by atoms with Crippen LogP contribution in [-0.4, -0.2) is 131 Å². The lowest BCUT2D eigenvalue weighted by atomic mass is 9.78. The highest BCUT2D eigenvalue weighted by Gasteiger charge is 2.64. The second kappa shape index (κ2) is 28.6. The largest absolute Gasteiger partial charge is 0.462 e. The number of aryl methyl sites for hydroxylation is 1. The summed E-state index contributed by atoms with van der Waals surface area (Å²) in [5.41, 5.74) is 2.49. The molecule has 2 aromatic rings. The lowest BCUT2D eigenvalue weighted by molar-refractivity contribution is -0.187. The number of hydrogen-bond acceptors (Lipinski definition) is 14. The number of ketones is 1. The average molecular weight is 1210 g/mol. The van der Waals surface area contributed by atoms with Gasteiger partial charge in [0.2, 0.25) is 11.8 Å². The van der Waals surface area contributed by atoms with Crippen molar-refractivity contribution in [3.05, 3.63) is 93.6 Å². The number of imide groups is 1. The summed E-state index contributed by atoms with van der Waals surface area (Å²) in [6.45, 7) is 10.8. The highest BCUT2D eigenvalue weighted by atomic mass is 35.5. The molecule has 458 valence electrons. The fraction of sp³-hybridized carbons (Fsp3) is 0.550. The van der Waals surface area contributed by atoms with E-state index in [4.69, 9.17) is 48.5 Å². The van der Waals surface area contributed by atoms with Crippen molar-refractivity contribution in [1.82, 2.24) is 15.5 Å². The van der Waals surface area contributed by atoms with Gasteiger partial charge in [-0.05, 0) is 111 Å². The third-order valence-corrected chi connectivity index (χ3v) is 16.8. The van der Waals surface area contributed by atoms with Crippen LogP contribution in [-0.2, 0) is 66.7 Å². The number of ether oxygens (including phenoxy) is 4. The van der Waals surface area contributed by atoms with E-state index in [-0.39, 0.29) is 73.5 Å². The Bertz CT molecular complexity index is 2940. The van der Waals surface area contributed by atoms with Crippen LogP contribution in [0.15, 0.2) is 66.3 Å². The number of hydrogen-bond donors (Lipinski definition) is 5. The Balaban J connectivity index is 1.21. The Morgan fingerprint density at radius 1 is 1.02 bits per heavy atom. The smallest absolute Gasteiger partial charge is 0.418 e. The van der Waals surface area contributed by atoms with E-state index in [0.29, 0.717) is 54.3 Å². The predicted molar refractivity (Wildman–Crippen MR) is 311 cm³/mol. The van der Waals surface area contributed by atoms with Crippen LogP contribution in [0.4, 0.5) is 34.1 Å². The molecule has 4 aliphatic heterocycles. The van der Waals surface area contributed by atoms with E-state index in [0.717, 1.165) is 22.1 Å². The van der Waals surface area contributed by atoms with E-state index < -0.39 is 119 Å². The van der Waals surface area contributed by atoms with Gasteiger partial charge in [0.05, 0.1) is 46.9 Å². The Kier molecular flexibility index (Phi) is 22.7. The average Bonchev–Trinajstić information content (AvgIpc) is 4.07. The van der Waals surface area contributed by atoms with Gasteiger partial charge in [-0.25, -0.2) is 9.59 Å². The normalized spacial score (nSPS) is 25.5. The fourth-order valence-corrected chi connectivity index (χ4v) is 11.6. The number of fused-ring (bicyclic) bond motifs is 5. The number of urea groups is 1. The third-order valence-electron chi connectivity index (χ3n) is 16.0. The van der Waals surface area contributed by atoms with Crippen molar-refractivity contribution >= 4 is 87.6 Å². The van der Waals surface area contributed by atoms with Gasteiger partial charge < -0.3 is 45.3 Å². The molecule has 0 unspecified atom stereocenters. The lowest BCUT2D eigenvalue weighted by Crippen LogP contribution is -2.53. The number of Topliss-reactive ketones (excluding diaryl/α,β-unsaturated/α-hetero) is 1. The summed E-state index contributed by atoms with van der Waals surface area (Å²) in [6, 6.07) is 4.43. The summed E-state index contributed by atoms with van der Waals surface area (Å²) < 4.78 is 68.8. The number of unbranched alkanes of at least 4 members (excludes halogenated alkanes) is 2. The number of aliphatic hydroxyl groups is 1. The monoisotopic (exact) mass is 1210 g/mol. The number of rotatable bonds is 21. The van der Waals surface area contributed by atoms with Gasteiger partial charge in [0.1, 0.15) is 29.5 Å². The number of nitrogens with two attached hydrogens (primary N) is 1. The van der Waals surface area contributed by atoms with Crippen LogP contribution in [0.3, 0.4) is 0 Å². The number of primary amides is 1. The highest BCUT2D eigenvalue weighted by molar-refractivity contribution is 7.80. The minimum atomic E-state index is -5.11. The van der Waals surface area contributed by atoms with Gasteiger partial charge in [0.25, 0.3) is 11.8 Å². The summed E-state index contributed by atoms with van der Waals surface area (Å²) in [4.78, 5) is 108. The van der Waals surface area contributed by atoms with Crippen LogP contribution in [0.5, 0.6) is 0 Å². The van der Waals surface area contributed by atoms with Gasteiger partial charge in [-0.1, -0.05) is 86.9 Å². The van der Waals surface area contributed by atoms with Gasteiger partial charge in [0.15, 0.2) is 5.78 Å². The zero-order chi connectivity index (χ0) is 62.0. The number of anilines is 2. The summed E-state index contributed by atoms with van der Waals surface area (Å²) in [6.07, 6.45) is -1.64. The number of methoxy groups -OCH3 is 1. The minimum Gasteiger partial charge on any atom is -0.462 e. The first-order valence-corrected chi connectivity index (χ1v) is 28.8. The molecule has 4 bridgehead atoms. The summed E-state index contributed by atoms with van der Waals surface area (Å²) >= 11 is 12.5. The number of amides is 7. The van der Waals surface area contributed by atoms with Gasteiger partial charge >= 0.3 is 24.3 Å². The van der Waals surface area contributed by atoms with Crippen molar-refractivity contribution in [2.24, 2.45) is 23.5 Å². The Labute approximate surface area is 497 Å². The third kappa shape index (κ3) is 17.3. The number of benzene rings is 2. The fourth-order valence-electron chi connectivity index (χ4n) is 11.0. The molecular weight excluding hydrogens is 1140 g/mol. The summed E-state index contributed by atoms with van der Waals surface area (Å²) in [5.74, 6) is -4.84. The minimum absolute atomic E-state index is 0.0206. The second-order valence-corrected chi connectivity index (χ2v) is 23.8. The van der Waals surface area contributed by atoms with E-state index in [9.17, 15) is 43.5 Å². The Hall–Kier alpha value is -6.53. The number of thiocarbonyl (C=S) groups is 1. The number of nitrogens with one attached hydrogen (secondary N) is 3. The standard InChI is InChI=1S/C60H76ClF3N6O13S/c1-33(2)40(29-39(84)15-10-9-11-23-70-49(72)20-21-50(70)73)55(76)67-43(16-13-22-66-56(65)77)45(71)28-37-18-19-42(41(26-37)60(62,63)64)68-57(78)82-48-30-51(74)69(7)44-27-38(25-35(4)53(44)61)24-34(3)14-12-17-47(80-8)59(79)31-46(81-52(75)32-59)36(5)54-58(48,6)83-54/h12,14,17-21,25-27,33,36,40,43,46-48,54,79H,9-11,13,15-16,22-24,28-32H2,1-8H3,(H,67,76)(H,68,78)(H3,65,66,77)/b17-12+,34-14+/t36-,40+,43+,46+,47-,48+,54+,58+,59-/m1/s1. The van der Waals surface area contributed by atoms with Crippen LogP contribution in [0.2, 0.25) is 5.02 Å². The van der Waals surface area contributed by atoms with E-state index in [2.05, 4.69) is 16.0 Å². The first kappa shape index (κ1) is 66.6. The lowest BCUT2D eigenvalue weighted by Gasteiger charge is -2.41. The molecule has 19 nitrogen and oxygen atoms in total. The van der Waals surface area contributed by atoms with Crippen molar-refractivity contribution in [3.8, 4) is 0 Å². The molecule has 2 saturated heterocycles. The zero-order valence-corrected chi connectivity index (χ0v) is 50.1. The molecule has 6 N–H and O–H groups in total. The Morgan fingerprint density at radius 3 is 2.38 bits per heavy atom. The number of epoxide rings is 1. The summed E-state index contributed by atoms with van der Waals surface area (Å²) in [7, 11) is 2.89. The number of halogens is 4. The second-order valence-electron chi connectivity index (χ2n) is 22.8. The molecule has 4 heterocycles. The molecule has 2 aromatic carbocycles. The van der Waals surface area contributed by atoms with Crippen LogP contribution in [0, 0.1) is 24.7 Å². The predicted octanol–water partition coefficient (Wildman–Crippen LogP) is 8.50. The quantitative estimate of drug-likeness (QED) is 0.0258. The molecule has 6 rings (SSSR count). The molecule has 2 fully saturated rings. The molecule has 0 aromatic heterocycles. The van der Waals surface area contributed by atoms with Gasteiger partial charge in [-0.15, -0.1) is 0 Å². The molecule has 0 aliphatic carbocycles. The molecule has 84 heavy (non-hydrogen) atoms. The first-order chi connectivity index (χ1) is 39.4. The number of nitrogens with zero attached hydrogens (tertiary/aromatic N) is 2. The maximum atomic E-state index is 15.1. The number of allylic oxidation sites excluding steroid dienone is 3. The molecule has 24 heteroatoms. The van der Waals surface area contributed by atoms with Crippen LogP contribution in [0.25, 0.3) is 0 Å².